The number of nitrogens with two attached hydrogens (primary N) is 1. The van der Waals surface area contributed by atoms with Crippen LogP contribution < -0.4 is 15.5 Å². The second-order valence-electron chi connectivity index (χ2n) is 7.79. The lowest BCUT2D eigenvalue weighted by molar-refractivity contribution is -0.880. The van der Waals surface area contributed by atoms with Crippen LogP contribution in [0.25, 0.3) is 0 Å². The summed E-state index contributed by atoms with van der Waals surface area (Å²) in [5.41, 5.74) is 8.90. The Balaban J connectivity index is 0.00000364. The lowest BCUT2D eigenvalue weighted by Crippen LogP contribution is -3.09. The van der Waals surface area contributed by atoms with Gasteiger partial charge in [0.25, 0.3) is 0 Å². The second kappa shape index (κ2) is 12.0. The van der Waals surface area contributed by atoms with E-state index in [0.717, 1.165) is 43.7 Å². The lowest BCUT2D eigenvalue weighted by atomic mass is 10.0. The van der Waals surface area contributed by atoms with E-state index in [1.807, 2.05) is 17.0 Å². The zero-order valence-corrected chi connectivity index (χ0v) is 16.9. The van der Waals surface area contributed by atoms with Crippen molar-refractivity contribution in [2.24, 2.45) is 0 Å². The Bertz CT molecular complexity index is 575. The van der Waals surface area contributed by atoms with Crippen molar-refractivity contribution in [1.29, 1.82) is 0 Å². The molecule has 0 fully saturated rings. The first-order valence-electron chi connectivity index (χ1n) is 10.2. The molecule has 1 amide bonds. The van der Waals surface area contributed by atoms with Crippen molar-refractivity contribution in [2.45, 2.75) is 52.9 Å². The van der Waals surface area contributed by atoms with Crippen LogP contribution in [0.15, 0.2) is 18.2 Å². The molecule has 0 aromatic heterocycles. The first-order valence-corrected chi connectivity index (χ1v) is 10.2. The highest BCUT2D eigenvalue weighted by Crippen LogP contribution is 2.29. The summed E-state index contributed by atoms with van der Waals surface area (Å²) >= 11 is 0. The molecule has 0 aliphatic carbocycles. The summed E-state index contributed by atoms with van der Waals surface area (Å²) in [6.45, 7) is 6.91. The number of fused-ring (bicyclic) bond motifs is 1. The fraction of sp³-hybridized carbons (Fsp3) is 0.682. The SMILES string of the molecule is C.CCCCC[NH+](C)CCCN(C)CC(=O)N1CCCc2ccc(N)cc21. The molecule has 0 saturated carbocycles. The van der Waals surface area contributed by atoms with Gasteiger partial charge in [0, 0.05) is 30.9 Å². The van der Waals surface area contributed by atoms with Gasteiger partial charge in [-0.05, 0) is 50.4 Å². The van der Waals surface area contributed by atoms with Crippen LogP contribution in [0.4, 0.5) is 11.4 Å². The van der Waals surface area contributed by atoms with Gasteiger partial charge in [0.1, 0.15) is 0 Å². The molecular formula is C22H41N4O+. The molecule has 1 aromatic rings. The minimum Gasteiger partial charge on any atom is -0.399 e. The van der Waals surface area contributed by atoms with E-state index in [1.54, 1.807) is 4.90 Å². The molecule has 2 rings (SSSR count). The molecule has 0 bridgehead atoms. The molecule has 3 N–H and O–H groups in total. The average molecular weight is 378 g/mol. The number of rotatable bonds is 10. The predicted octanol–water partition coefficient (Wildman–Crippen LogP) is 2.21. The number of nitrogens with zero attached hydrogens (tertiary/aromatic N) is 2. The lowest BCUT2D eigenvalue weighted by Gasteiger charge is -2.31. The maximum absolute atomic E-state index is 12.8. The van der Waals surface area contributed by atoms with E-state index in [2.05, 4.69) is 32.0 Å². The van der Waals surface area contributed by atoms with Crippen LogP contribution in [0.1, 0.15) is 52.0 Å². The van der Waals surface area contributed by atoms with Crippen LogP contribution in [0.2, 0.25) is 0 Å². The molecule has 1 atom stereocenters. The number of aryl methyl sites for hydroxylation is 1. The molecule has 0 radical (unpaired) electrons. The van der Waals surface area contributed by atoms with Crippen molar-refractivity contribution in [3.63, 3.8) is 0 Å². The van der Waals surface area contributed by atoms with Gasteiger partial charge in [-0.15, -0.1) is 0 Å². The largest absolute Gasteiger partial charge is 0.399 e. The number of unbranched alkanes of at least 4 members (excludes halogenated alkanes) is 2. The van der Waals surface area contributed by atoms with Crippen LogP contribution in [-0.2, 0) is 11.2 Å². The van der Waals surface area contributed by atoms with Crippen LogP contribution in [0.5, 0.6) is 0 Å². The topological polar surface area (TPSA) is 54.0 Å². The Kier molecular flexibility index (Phi) is 10.4. The van der Waals surface area contributed by atoms with Crippen LogP contribution in [0.3, 0.4) is 0 Å². The van der Waals surface area contributed by atoms with Gasteiger partial charge in [-0.3, -0.25) is 9.69 Å². The molecule has 5 heteroatoms. The van der Waals surface area contributed by atoms with Gasteiger partial charge in [0.05, 0.1) is 26.7 Å². The van der Waals surface area contributed by atoms with Crippen molar-refractivity contribution >= 4 is 17.3 Å². The van der Waals surface area contributed by atoms with E-state index >= 15 is 0 Å². The Morgan fingerprint density at radius 1 is 1.26 bits per heavy atom. The summed E-state index contributed by atoms with van der Waals surface area (Å²) in [7, 11) is 4.32. The van der Waals surface area contributed by atoms with Crippen molar-refractivity contribution in [2.75, 3.05) is 57.5 Å². The van der Waals surface area contributed by atoms with Crippen LogP contribution in [-0.4, -0.2) is 57.6 Å². The number of quaternary nitrogens is 1. The number of amides is 1. The Morgan fingerprint density at radius 3 is 2.74 bits per heavy atom. The summed E-state index contributed by atoms with van der Waals surface area (Å²) in [5, 5.41) is 0. The standard InChI is InChI=1S/C21H36N4O.CH4/c1-4-5-6-12-23(2)13-8-14-24(3)17-21(26)25-15-7-9-18-10-11-19(22)16-20(18)25;/h10-11,16H,4-9,12-15,17,22H2,1-3H3;1H4/p+1. The third kappa shape index (κ3) is 7.51. The Hall–Kier alpha value is -1.59. The Morgan fingerprint density at radius 2 is 2.00 bits per heavy atom. The predicted molar refractivity (Wildman–Crippen MR) is 117 cm³/mol. The molecule has 0 saturated heterocycles. The summed E-state index contributed by atoms with van der Waals surface area (Å²) in [4.78, 5) is 18.5. The smallest absolute Gasteiger partial charge is 0.241 e. The fourth-order valence-corrected chi connectivity index (χ4v) is 3.70. The molecule has 27 heavy (non-hydrogen) atoms. The van der Waals surface area contributed by atoms with Crippen molar-refractivity contribution in [3.8, 4) is 0 Å². The maximum atomic E-state index is 12.8. The first-order chi connectivity index (χ1) is 12.5. The number of hydrogen-bond acceptors (Lipinski definition) is 3. The summed E-state index contributed by atoms with van der Waals surface area (Å²) in [5.74, 6) is 0.183. The average Bonchev–Trinajstić information content (AvgIpc) is 2.61. The Labute approximate surface area is 166 Å². The number of carbonyl (C=O) groups is 1. The number of nitrogen functional groups attached to an aromatic ring is 1. The molecule has 5 nitrogen and oxygen atoms in total. The number of nitrogens with one attached hydrogen (secondary N) is 1. The number of carbonyl (C=O) groups excluding carboxylic acids is 1. The molecule has 0 spiro atoms. The highest BCUT2D eigenvalue weighted by Gasteiger charge is 2.23. The van der Waals surface area contributed by atoms with E-state index in [1.165, 1.54) is 37.9 Å². The number of benzene rings is 1. The maximum Gasteiger partial charge on any atom is 0.241 e. The van der Waals surface area contributed by atoms with Gasteiger partial charge in [-0.1, -0.05) is 26.8 Å². The fourth-order valence-electron chi connectivity index (χ4n) is 3.70. The normalized spacial score (nSPS) is 14.6. The number of hydrogen-bond donors (Lipinski definition) is 2. The van der Waals surface area contributed by atoms with Gasteiger partial charge in [0.2, 0.25) is 5.91 Å². The van der Waals surface area contributed by atoms with Crippen LogP contribution in [0, 0.1) is 0 Å². The third-order valence-electron chi connectivity index (χ3n) is 5.28. The minimum atomic E-state index is 0. The van der Waals surface area contributed by atoms with Crippen molar-refractivity contribution in [1.82, 2.24) is 4.90 Å². The molecule has 1 aliphatic heterocycles. The van der Waals surface area contributed by atoms with Gasteiger partial charge < -0.3 is 15.5 Å². The third-order valence-corrected chi connectivity index (χ3v) is 5.28. The molecule has 154 valence electrons. The second-order valence-corrected chi connectivity index (χ2v) is 7.79. The molecule has 1 aliphatic rings. The minimum absolute atomic E-state index is 0. The van der Waals surface area contributed by atoms with E-state index in [9.17, 15) is 4.79 Å². The van der Waals surface area contributed by atoms with E-state index in [4.69, 9.17) is 5.73 Å². The first kappa shape index (κ1) is 23.4. The van der Waals surface area contributed by atoms with Gasteiger partial charge in [-0.2, -0.15) is 0 Å². The highest BCUT2D eigenvalue weighted by molar-refractivity contribution is 5.96. The van der Waals surface area contributed by atoms with Gasteiger partial charge >= 0.3 is 0 Å². The van der Waals surface area contributed by atoms with Crippen LogP contribution >= 0.6 is 0 Å². The van der Waals surface area contributed by atoms with Crippen molar-refractivity contribution in [3.05, 3.63) is 23.8 Å². The summed E-state index contributed by atoms with van der Waals surface area (Å²) in [6, 6.07) is 5.93. The van der Waals surface area contributed by atoms with Crippen molar-refractivity contribution < 1.29 is 9.69 Å². The number of anilines is 2. The zero-order chi connectivity index (χ0) is 18.9. The summed E-state index contributed by atoms with van der Waals surface area (Å²) in [6.07, 6.45) is 7.11. The molecular weight excluding hydrogens is 336 g/mol. The highest BCUT2D eigenvalue weighted by atomic mass is 16.2. The molecule has 1 unspecified atom stereocenters. The number of likely N-dealkylation sites (N-methyl/N-ethyl adjacent to an activating group) is 1. The van der Waals surface area contributed by atoms with E-state index < -0.39 is 0 Å². The van der Waals surface area contributed by atoms with E-state index in [0.29, 0.717) is 6.54 Å². The summed E-state index contributed by atoms with van der Waals surface area (Å²) < 4.78 is 0. The quantitative estimate of drug-likeness (QED) is 0.486. The monoisotopic (exact) mass is 377 g/mol. The zero-order valence-electron chi connectivity index (χ0n) is 16.9. The molecule has 1 aromatic carbocycles. The van der Waals surface area contributed by atoms with Gasteiger partial charge in [-0.25, -0.2) is 0 Å². The van der Waals surface area contributed by atoms with Gasteiger partial charge in [0.15, 0.2) is 0 Å². The van der Waals surface area contributed by atoms with E-state index in [-0.39, 0.29) is 13.3 Å². The molecule has 1 heterocycles.